The van der Waals surface area contributed by atoms with Gasteiger partial charge in [-0.1, -0.05) is 18.2 Å². The van der Waals surface area contributed by atoms with E-state index in [9.17, 15) is 0 Å². The van der Waals surface area contributed by atoms with Gasteiger partial charge in [0.25, 0.3) is 5.82 Å². The van der Waals surface area contributed by atoms with Gasteiger partial charge < -0.3 is 0 Å². The Morgan fingerprint density at radius 1 is 1.07 bits per heavy atom. The lowest BCUT2D eigenvalue weighted by molar-refractivity contribution is -0.651. The number of nitrogens with zero attached hydrogens (tertiary/aromatic N) is 1. The lowest BCUT2D eigenvalue weighted by Gasteiger charge is -1.95. The number of hydrogen-bond donors (Lipinski definition) is 1. The molecule has 0 fully saturated rings. The maximum Gasteiger partial charge on any atom is 0.251 e. The molecule has 3 aromatic rings. The number of nitrogens with one attached hydrogen (secondary N) is 1. The van der Waals surface area contributed by atoms with Crippen molar-refractivity contribution < 1.29 is 4.57 Å². The number of hydrogen-bond acceptors (Lipinski definition) is 0. The van der Waals surface area contributed by atoms with Crippen molar-refractivity contribution >= 4 is 21.8 Å². The van der Waals surface area contributed by atoms with Crippen LogP contribution in [0.3, 0.4) is 0 Å². The number of aryl methyl sites for hydroxylation is 2. The number of benzene rings is 2. The molecular weight excluding hydrogens is 184 g/mol. The van der Waals surface area contributed by atoms with Crippen LogP contribution in [0.4, 0.5) is 0 Å². The quantitative estimate of drug-likeness (QED) is 0.534. The summed E-state index contributed by atoms with van der Waals surface area (Å²) in [5, 5.41) is 2.57. The zero-order valence-electron chi connectivity index (χ0n) is 8.91. The summed E-state index contributed by atoms with van der Waals surface area (Å²) in [4.78, 5) is 3.43. The molecular formula is C13H13N2+. The lowest BCUT2D eigenvalue weighted by Crippen LogP contribution is -2.29. The second-order valence-corrected chi connectivity index (χ2v) is 3.95. The molecule has 15 heavy (non-hydrogen) atoms. The highest BCUT2D eigenvalue weighted by atomic mass is 15.0. The second kappa shape index (κ2) is 2.83. The molecule has 0 saturated heterocycles. The van der Waals surface area contributed by atoms with Gasteiger partial charge in [0.2, 0.25) is 0 Å². The van der Waals surface area contributed by atoms with Crippen LogP contribution in [-0.4, -0.2) is 4.98 Å². The minimum Gasteiger partial charge on any atom is -0.241 e. The maximum atomic E-state index is 3.43. The largest absolute Gasteiger partial charge is 0.251 e. The first kappa shape index (κ1) is 8.48. The van der Waals surface area contributed by atoms with E-state index in [1.165, 1.54) is 27.6 Å². The minimum atomic E-state index is 1.18. The van der Waals surface area contributed by atoms with Crippen molar-refractivity contribution in [1.82, 2.24) is 4.98 Å². The van der Waals surface area contributed by atoms with Crippen molar-refractivity contribution in [2.45, 2.75) is 6.92 Å². The van der Waals surface area contributed by atoms with Gasteiger partial charge in [-0.3, -0.25) is 0 Å². The summed E-state index contributed by atoms with van der Waals surface area (Å²) in [6.07, 6.45) is 0. The normalized spacial score (nSPS) is 11.3. The van der Waals surface area contributed by atoms with Crippen molar-refractivity contribution in [3.05, 3.63) is 42.2 Å². The molecule has 74 valence electrons. The predicted octanol–water partition coefficient (Wildman–Crippen LogP) is 2.45. The monoisotopic (exact) mass is 197 g/mol. The van der Waals surface area contributed by atoms with Crippen molar-refractivity contribution in [3.8, 4) is 0 Å². The van der Waals surface area contributed by atoms with Gasteiger partial charge in [0, 0.05) is 12.3 Å². The van der Waals surface area contributed by atoms with E-state index in [0.717, 1.165) is 0 Å². The third-order valence-corrected chi connectivity index (χ3v) is 3.08. The number of H-pyrrole nitrogens is 1. The van der Waals surface area contributed by atoms with Crippen molar-refractivity contribution in [2.24, 2.45) is 7.05 Å². The van der Waals surface area contributed by atoms with Gasteiger partial charge in [-0.25, -0.2) is 9.55 Å². The van der Waals surface area contributed by atoms with Gasteiger partial charge in [0.05, 0.1) is 7.05 Å². The standard InChI is InChI=1S/C13H12N2/c1-9-14-13-11-6-4-3-5-10(11)7-8-12(13)15(9)2/h3-8H,1-2H3/p+1. The van der Waals surface area contributed by atoms with Crippen molar-refractivity contribution in [3.63, 3.8) is 0 Å². The molecule has 0 unspecified atom stereocenters. The fourth-order valence-corrected chi connectivity index (χ4v) is 2.12. The topological polar surface area (TPSA) is 19.7 Å². The smallest absolute Gasteiger partial charge is 0.241 e. The molecule has 2 nitrogen and oxygen atoms in total. The molecule has 0 atom stereocenters. The van der Waals surface area contributed by atoms with Crippen LogP contribution < -0.4 is 4.57 Å². The van der Waals surface area contributed by atoms with E-state index in [-0.39, 0.29) is 0 Å². The van der Waals surface area contributed by atoms with E-state index in [0.29, 0.717) is 0 Å². The third-order valence-electron chi connectivity index (χ3n) is 3.08. The highest BCUT2D eigenvalue weighted by Crippen LogP contribution is 2.21. The summed E-state index contributed by atoms with van der Waals surface area (Å²) in [5.41, 5.74) is 2.49. The van der Waals surface area contributed by atoms with E-state index < -0.39 is 0 Å². The Morgan fingerprint density at radius 2 is 1.87 bits per heavy atom. The van der Waals surface area contributed by atoms with Crippen LogP contribution in [0.25, 0.3) is 21.8 Å². The molecule has 0 bridgehead atoms. The molecule has 0 radical (unpaired) electrons. The number of imidazole rings is 1. The SMILES string of the molecule is Cc1[nH]c2c3ccccc3ccc2[n+]1C. The average Bonchev–Trinajstić information content (AvgIpc) is 2.56. The Kier molecular flexibility index (Phi) is 1.60. The lowest BCUT2D eigenvalue weighted by atomic mass is 10.1. The average molecular weight is 197 g/mol. The van der Waals surface area contributed by atoms with Gasteiger partial charge in [-0.15, -0.1) is 0 Å². The summed E-state index contributed by atoms with van der Waals surface area (Å²) in [7, 11) is 2.09. The molecule has 0 aliphatic heterocycles. The van der Waals surface area contributed by atoms with Gasteiger partial charge in [-0.05, 0) is 23.6 Å². The van der Waals surface area contributed by atoms with E-state index in [1.54, 1.807) is 0 Å². The van der Waals surface area contributed by atoms with Crippen molar-refractivity contribution in [1.29, 1.82) is 0 Å². The molecule has 2 aromatic carbocycles. The number of fused-ring (bicyclic) bond motifs is 3. The summed E-state index contributed by atoms with van der Waals surface area (Å²) in [6, 6.07) is 12.8. The molecule has 0 saturated carbocycles. The first-order chi connectivity index (χ1) is 7.27. The third kappa shape index (κ3) is 1.08. The van der Waals surface area contributed by atoms with Crippen LogP contribution in [0.15, 0.2) is 36.4 Å². The Bertz CT molecular complexity index is 650. The zero-order chi connectivity index (χ0) is 10.4. The van der Waals surface area contributed by atoms with Gasteiger partial charge in [0.15, 0.2) is 11.0 Å². The molecule has 1 heterocycles. The minimum absolute atomic E-state index is 1.18. The summed E-state index contributed by atoms with van der Waals surface area (Å²) >= 11 is 0. The van der Waals surface area contributed by atoms with Crippen LogP contribution in [-0.2, 0) is 7.05 Å². The van der Waals surface area contributed by atoms with Gasteiger partial charge in [-0.2, -0.15) is 0 Å². The highest BCUT2D eigenvalue weighted by molar-refractivity contribution is 6.02. The van der Waals surface area contributed by atoms with Crippen LogP contribution in [0.5, 0.6) is 0 Å². The highest BCUT2D eigenvalue weighted by Gasteiger charge is 2.13. The molecule has 0 aliphatic rings. The number of rotatable bonds is 0. The maximum absolute atomic E-state index is 3.43. The molecule has 1 N–H and O–H groups in total. The fraction of sp³-hybridized carbons (Fsp3) is 0.154. The Balaban J connectivity index is 2.60. The fourth-order valence-electron chi connectivity index (χ4n) is 2.12. The van der Waals surface area contributed by atoms with Crippen LogP contribution in [0, 0.1) is 6.92 Å². The molecule has 2 heteroatoms. The molecule has 0 spiro atoms. The Morgan fingerprint density at radius 3 is 2.73 bits per heavy atom. The molecule has 1 aromatic heterocycles. The second-order valence-electron chi connectivity index (χ2n) is 3.95. The van der Waals surface area contributed by atoms with Crippen LogP contribution in [0.2, 0.25) is 0 Å². The van der Waals surface area contributed by atoms with Crippen LogP contribution >= 0.6 is 0 Å². The van der Waals surface area contributed by atoms with Crippen molar-refractivity contribution in [2.75, 3.05) is 0 Å². The van der Waals surface area contributed by atoms with E-state index >= 15 is 0 Å². The summed E-state index contributed by atoms with van der Waals surface area (Å²) < 4.78 is 2.18. The zero-order valence-corrected chi connectivity index (χ0v) is 8.91. The summed E-state index contributed by atoms with van der Waals surface area (Å²) in [6.45, 7) is 2.09. The number of aromatic amines is 1. The Labute approximate surface area is 88.2 Å². The van der Waals surface area contributed by atoms with Crippen LogP contribution in [0.1, 0.15) is 5.82 Å². The first-order valence-electron chi connectivity index (χ1n) is 5.13. The molecule has 3 rings (SSSR count). The van der Waals surface area contributed by atoms with E-state index in [4.69, 9.17) is 0 Å². The molecule has 0 aliphatic carbocycles. The van der Waals surface area contributed by atoms with E-state index in [2.05, 4.69) is 59.9 Å². The summed E-state index contributed by atoms with van der Waals surface area (Å²) in [5.74, 6) is 1.18. The Hall–Kier alpha value is -1.83. The molecule has 0 amide bonds. The van der Waals surface area contributed by atoms with Gasteiger partial charge >= 0.3 is 0 Å². The first-order valence-corrected chi connectivity index (χ1v) is 5.13. The predicted molar refractivity (Wildman–Crippen MR) is 61.7 cm³/mol. The van der Waals surface area contributed by atoms with Gasteiger partial charge in [0.1, 0.15) is 0 Å². The van der Waals surface area contributed by atoms with E-state index in [1.807, 2.05) is 0 Å². The number of aromatic nitrogens is 2.